The van der Waals surface area contributed by atoms with Gasteiger partial charge in [-0.2, -0.15) is 0 Å². The Labute approximate surface area is 288 Å². The Hall–Kier alpha value is -3.14. The summed E-state index contributed by atoms with van der Waals surface area (Å²) in [4.78, 5) is 26.2. The van der Waals surface area contributed by atoms with Gasteiger partial charge in [0.05, 0.1) is 17.7 Å². The van der Waals surface area contributed by atoms with E-state index < -0.39 is 0 Å². The summed E-state index contributed by atoms with van der Waals surface area (Å²) in [6, 6.07) is 18.9. The number of hydrogen-bond donors (Lipinski definition) is 0. The van der Waals surface area contributed by atoms with Crippen LogP contribution in [-0.2, 0) is 9.47 Å². The number of carbonyl (C=O) groups excluding carboxylic acids is 2. The van der Waals surface area contributed by atoms with Gasteiger partial charge in [-0.3, -0.25) is 0 Å². The fraction of sp³-hybridized carbons (Fsp3) is 0.591. The molecule has 5 aliphatic rings. The molecule has 8 atom stereocenters. The molecule has 0 N–H and O–H groups in total. The number of allylic oxidation sites excluding steroid dienone is 4. The topological polar surface area (TPSA) is 52.6 Å². The van der Waals surface area contributed by atoms with Crippen LogP contribution in [0.25, 0.3) is 0 Å². The van der Waals surface area contributed by atoms with Gasteiger partial charge in [0.1, 0.15) is 6.10 Å². The monoisotopic (exact) mass is 648 g/mol. The predicted molar refractivity (Wildman–Crippen MR) is 191 cm³/mol. The van der Waals surface area contributed by atoms with E-state index in [0.717, 1.165) is 32.1 Å². The van der Waals surface area contributed by atoms with Crippen LogP contribution in [-0.4, -0.2) is 24.6 Å². The fourth-order valence-corrected chi connectivity index (χ4v) is 12.1. The van der Waals surface area contributed by atoms with Crippen molar-refractivity contribution in [2.45, 2.75) is 112 Å². The summed E-state index contributed by atoms with van der Waals surface area (Å²) in [6.07, 6.45) is 16.5. The van der Waals surface area contributed by atoms with Crippen LogP contribution in [0, 0.1) is 44.8 Å². The van der Waals surface area contributed by atoms with E-state index in [1.54, 1.807) is 5.57 Å². The maximum Gasteiger partial charge on any atom is 0.338 e. The Kier molecular flexibility index (Phi) is 8.36. The molecule has 4 nitrogen and oxygen atoms in total. The molecule has 5 aliphatic carbocycles. The Morgan fingerprint density at radius 3 is 2.19 bits per heavy atom. The van der Waals surface area contributed by atoms with E-state index in [1.807, 2.05) is 60.7 Å². The number of benzene rings is 2. The maximum atomic E-state index is 13.2. The van der Waals surface area contributed by atoms with Crippen LogP contribution in [0.5, 0.6) is 0 Å². The minimum atomic E-state index is -0.204. The molecule has 0 heterocycles. The second-order valence-electron chi connectivity index (χ2n) is 17.4. The average molecular weight is 649 g/mol. The molecule has 48 heavy (non-hydrogen) atoms. The van der Waals surface area contributed by atoms with Crippen molar-refractivity contribution in [3.05, 3.63) is 95.1 Å². The lowest BCUT2D eigenvalue weighted by Gasteiger charge is -2.60. The molecule has 2 spiro atoms. The number of hydrogen-bond acceptors (Lipinski definition) is 4. The van der Waals surface area contributed by atoms with Gasteiger partial charge in [-0.15, -0.1) is 0 Å². The van der Waals surface area contributed by atoms with Crippen molar-refractivity contribution in [1.82, 2.24) is 0 Å². The highest BCUT2D eigenvalue weighted by molar-refractivity contribution is 5.89. The van der Waals surface area contributed by atoms with Crippen LogP contribution in [0.2, 0.25) is 0 Å². The summed E-state index contributed by atoms with van der Waals surface area (Å²) in [5.74, 6) is 0.994. The van der Waals surface area contributed by atoms with Gasteiger partial charge in [0, 0.05) is 5.41 Å². The summed E-state index contributed by atoms with van der Waals surface area (Å²) in [5, 5.41) is 0. The highest BCUT2D eigenvalue weighted by Gasteiger charge is 2.80. The van der Waals surface area contributed by atoms with E-state index in [-0.39, 0.29) is 34.3 Å². The largest absolute Gasteiger partial charge is 0.462 e. The summed E-state index contributed by atoms with van der Waals surface area (Å²) in [5.41, 5.74) is 5.27. The van der Waals surface area contributed by atoms with Gasteiger partial charge >= 0.3 is 11.9 Å². The molecule has 2 aromatic carbocycles. The second-order valence-corrected chi connectivity index (χ2v) is 17.4. The molecule has 8 unspecified atom stereocenters. The molecular formula is C44H56O4. The van der Waals surface area contributed by atoms with Gasteiger partial charge in [-0.1, -0.05) is 87.4 Å². The SMILES string of the molecule is CC(C)=CCCC(COC(=O)c1ccccc1)C1CCC2(C)C3=CCC4C(C)(C)C(OC(=O)c5ccccc5)CCC45CC35CCC12C. The molecule has 0 bridgehead atoms. The van der Waals surface area contributed by atoms with Crippen LogP contribution < -0.4 is 0 Å². The first-order valence-electron chi connectivity index (χ1n) is 18.7. The van der Waals surface area contributed by atoms with E-state index in [9.17, 15) is 9.59 Å². The van der Waals surface area contributed by atoms with Crippen LogP contribution in [0.3, 0.4) is 0 Å². The standard InChI is InChI=1S/C44H56O4/c1-30(2)14-13-19-33(28-47-38(45)31-15-9-7-10-16-31)34-22-24-42(6)36-21-20-35-40(3,4)37(48-39(46)32-17-11-8-12-18-32)23-25-43(35)29-44(36,43)27-26-41(34,42)5/h7-12,14-18,21,33-35,37H,13,19-20,22-29H2,1-6H3. The van der Waals surface area contributed by atoms with E-state index >= 15 is 0 Å². The molecule has 0 aromatic heterocycles. The Balaban J connectivity index is 1.12. The first kappa shape index (κ1) is 33.4. The van der Waals surface area contributed by atoms with Crippen molar-refractivity contribution in [1.29, 1.82) is 0 Å². The zero-order chi connectivity index (χ0) is 34.0. The maximum absolute atomic E-state index is 13.2. The third-order valence-electron chi connectivity index (χ3n) is 14.8. The molecule has 4 heteroatoms. The van der Waals surface area contributed by atoms with Crippen molar-refractivity contribution in [3.63, 3.8) is 0 Å². The minimum absolute atomic E-state index is 0.0612. The van der Waals surface area contributed by atoms with E-state index in [4.69, 9.17) is 9.47 Å². The lowest BCUT2D eigenvalue weighted by atomic mass is 9.45. The van der Waals surface area contributed by atoms with Crippen LogP contribution in [0.1, 0.15) is 126 Å². The Morgan fingerprint density at radius 1 is 0.854 bits per heavy atom. The molecule has 2 aromatic rings. The first-order chi connectivity index (χ1) is 22.9. The van der Waals surface area contributed by atoms with Crippen LogP contribution in [0.4, 0.5) is 0 Å². The van der Waals surface area contributed by atoms with Crippen LogP contribution >= 0.6 is 0 Å². The normalized spacial score (nSPS) is 36.2. The van der Waals surface area contributed by atoms with Gasteiger partial charge in [0.2, 0.25) is 0 Å². The van der Waals surface area contributed by atoms with Crippen molar-refractivity contribution in [2.24, 2.45) is 44.8 Å². The van der Waals surface area contributed by atoms with Crippen molar-refractivity contribution in [2.75, 3.05) is 6.61 Å². The lowest BCUT2D eigenvalue weighted by Crippen LogP contribution is -2.54. The highest BCUT2D eigenvalue weighted by Crippen LogP contribution is 2.88. The first-order valence-corrected chi connectivity index (χ1v) is 18.7. The van der Waals surface area contributed by atoms with Crippen LogP contribution in [0.15, 0.2) is 84.0 Å². The summed E-state index contributed by atoms with van der Waals surface area (Å²) in [6.45, 7) is 14.8. The van der Waals surface area contributed by atoms with Gasteiger partial charge in [-0.25, -0.2) is 9.59 Å². The summed E-state index contributed by atoms with van der Waals surface area (Å²) < 4.78 is 12.4. The zero-order valence-electron chi connectivity index (χ0n) is 30.1. The Morgan fingerprint density at radius 2 is 1.52 bits per heavy atom. The molecule has 0 radical (unpaired) electrons. The third kappa shape index (κ3) is 5.06. The number of carbonyl (C=O) groups is 2. The average Bonchev–Trinajstić information content (AvgIpc) is 3.66. The van der Waals surface area contributed by atoms with Gasteiger partial charge in [-0.05, 0) is 142 Å². The second kappa shape index (κ2) is 12.0. The molecule has 7 rings (SSSR count). The number of rotatable bonds is 9. The quantitative estimate of drug-likeness (QED) is 0.201. The summed E-state index contributed by atoms with van der Waals surface area (Å²) in [7, 11) is 0. The molecule has 0 saturated heterocycles. The lowest BCUT2D eigenvalue weighted by molar-refractivity contribution is -0.0990. The Bertz CT molecular complexity index is 1600. The van der Waals surface area contributed by atoms with Gasteiger partial charge in [0.25, 0.3) is 0 Å². The fourth-order valence-electron chi connectivity index (χ4n) is 12.1. The molecule has 256 valence electrons. The van der Waals surface area contributed by atoms with Crippen molar-refractivity contribution >= 4 is 11.9 Å². The number of esters is 2. The molecule has 0 amide bonds. The molecule has 0 aliphatic heterocycles. The van der Waals surface area contributed by atoms with E-state index in [1.165, 1.54) is 37.7 Å². The zero-order valence-corrected chi connectivity index (χ0v) is 30.1. The van der Waals surface area contributed by atoms with E-state index in [2.05, 4.69) is 53.7 Å². The van der Waals surface area contributed by atoms with Gasteiger partial charge < -0.3 is 9.47 Å². The third-order valence-corrected chi connectivity index (χ3v) is 14.8. The minimum Gasteiger partial charge on any atom is -0.462 e. The van der Waals surface area contributed by atoms with Crippen molar-refractivity contribution in [3.8, 4) is 0 Å². The summed E-state index contributed by atoms with van der Waals surface area (Å²) >= 11 is 0. The number of ether oxygens (including phenoxy) is 2. The van der Waals surface area contributed by atoms with Crippen molar-refractivity contribution < 1.29 is 19.1 Å². The predicted octanol–water partition coefficient (Wildman–Crippen LogP) is 10.8. The number of fused-ring (bicyclic) bond motifs is 2. The molecule has 4 fully saturated rings. The van der Waals surface area contributed by atoms with Gasteiger partial charge in [0.15, 0.2) is 0 Å². The molecule has 4 saturated carbocycles. The van der Waals surface area contributed by atoms with E-state index in [0.29, 0.717) is 46.3 Å². The molecular weight excluding hydrogens is 592 g/mol. The highest BCUT2D eigenvalue weighted by atomic mass is 16.5. The smallest absolute Gasteiger partial charge is 0.338 e.